The molecule has 0 atom stereocenters. The Kier molecular flexibility index (Phi) is 5.56. The van der Waals surface area contributed by atoms with Crippen molar-refractivity contribution in [3.63, 3.8) is 0 Å². The van der Waals surface area contributed by atoms with Crippen molar-refractivity contribution in [2.45, 2.75) is 6.42 Å². The van der Waals surface area contributed by atoms with Gasteiger partial charge in [-0.05, 0) is 18.2 Å². The fourth-order valence-corrected chi connectivity index (χ4v) is 1.33. The molecule has 0 amide bonds. The largest absolute Gasteiger partial charge is 0.273 e. The SMILES string of the molecule is N#CSCCCNP(N)(N)=O. The van der Waals surface area contributed by atoms with E-state index in [0.29, 0.717) is 12.3 Å². The van der Waals surface area contributed by atoms with Crippen LogP contribution >= 0.6 is 19.4 Å². The van der Waals surface area contributed by atoms with E-state index in [1.165, 1.54) is 0 Å². The van der Waals surface area contributed by atoms with Gasteiger partial charge in [-0.1, -0.05) is 0 Å². The van der Waals surface area contributed by atoms with Crippen LogP contribution in [0.5, 0.6) is 0 Å². The van der Waals surface area contributed by atoms with Crippen LogP contribution in [0.2, 0.25) is 0 Å². The molecule has 0 aromatic rings. The third-order valence-electron chi connectivity index (χ3n) is 0.847. The summed E-state index contributed by atoms with van der Waals surface area (Å²) in [6, 6.07) is 0. The molecule has 0 aromatic heterocycles. The first-order valence-electron chi connectivity index (χ1n) is 2.99. The first kappa shape index (κ1) is 11.0. The average molecular weight is 194 g/mol. The standard InChI is InChI=1S/C4H11N4OPS/c5-4-11-3-1-2-8-10(6,7)9/h1-3H2,(H5,6,7,8,9). The van der Waals surface area contributed by atoms with Crippen LogP contribution in [-0.4, -0.2) is 12.3 Å². The molecule has 5 nitrogen and oxygen atoms in total. The molecule has 0 saturated heterocycles. The molecule has 0 aromatic carbocycles. The Bertz CT molecular complexity index is 185. The normalized spacial score (nSPS) is 11.0. The highest BCUT2D eigenvalue weighted by atomic mass is 32.2. The zero-order valence-corrected chi connectivity index (χ0v) is 7.70. The number of hydrogen-bond donors (Lipinski definition) is 3. The third-order valence-corrected chi connectivity index (χ3v) is 2.19. The number of nitrogens with zero attached hydrogens (tertiary/aromatic N) is 1. The maximum absolute atomic E-state index is 10.6. The van der Waals surface area contributed by atoms with Crippen LogP contribution in [0.1, 0.15) is 6.42 Å². The van der Waals surface area contributed by atoms with Gasteiger partial charge in [0.15, 0.2) is 0 Å². The molecule has 0 radical (unpaired) electrons. The van der Waals surface area contributed by atoms with Gasteiger partial charge in [-0.3, -0.25) is 15.6 Å². The number of nitrogens with two attached hydrogens (primary N) is 2. The van der Waals surface area contributed by atoms with Gasteiger partial charge in [0.25, 0.3) is 7.59 Å². The van der Waals surface area contributed by atoms with E-state index in [9.17, 15) is 4.57 Å². The zero-order valence-electron chi connectivity index (χ0n) is 5.99. The summed E-state index contributed by atoms with van der Waals surface area (Å²) >= 11 is 1.15. The Morgan fingerprint density at radius 2 is 2.27 bits per heavy atom. The van der Waals surface area contributed by atoms with Crippen LogP contribution < -0.4 is 16.1 Å². The monoisotopic (exact) mass is 194 g/mol. The maximum Gasteiger partial charge on any atom is 0.273 e. The van der Waals surface area contributed by atoms with Crippen molar-refractivity contribution in [3.8, 4) is 5.40 Å². The lowest BCUT2D eigenvalue weighted by Gasteiger charge is -2.06. The fourth-order valence-electron chi connectivity index (χ4n) is 0.444. The minimum absolute atomic E-state index is 0.485. The minimum Gasteiger partial charge on any atom is -0.271 e. The lowest BCUT2D eigenvalue weighted by Crippen LogP contribution is -2.23. The number of nitriles is 1. The van der Waals surface area contributed by atoms with E-state index >= 15 is 0 Å². The van der Waals surface area contributed by atoms with Gasteiger partial charge in [0.05, 0.1) is 0 Å². The van der Waals surface area contributed by atoms with E-state index in [0.717, 1.165) is 18.2 Å². The Hall–Kier alpha value is -0.0500. The van der Waals surface area contributed by atoms with E-state index < -0.39 is 7.59 Å². The molecule has 5 N–H and O–H groups in total. The van der Waals surface area contributed by atoms with Crippen LogP contribution in [0.15, 0.2) is 0 Å². The highest BCUT2D eigenvalue weighted by molar-refractivity contribution is 8.03. The summed E-state index contributed by atoms with van der Waals surface area (Å²) in [5.41, 5.74) is 10.0. The van der Waals surface area contributed by atoms with E-state index in [2.05, 4.69) is 5.09 Å². The fraction of sp³-hybridized carbons (Fsp3) is 0.750. The van der Waals surface area contributed by atoms with Crippen molar-refractivity contribution in [1.29, 1.82) is 5.26 Å². The molecule has 0 heterocycles. The van der Waals surface area contributed by atoms with Gasteiger partial charge in [0, 0.05) is 12.3 Å². The molecule has 7 heteroatoms. The van der Waals surface area contributed by atoms with Crippen molar-refractivity contribution >= 4 is 19.4 Å². The van der Waals surface area contributed by atoms with Gasteiger partial charge in [-0.15, -0.1) is 0 Å². The summed E-state index contributed by atoms with van der Waals surface area (Å²) in [5, 5.41) is 12.5. The molecule has 0 unspecified atom stereocenters. The van der Waals surface area contributed by atoms with Crippen LogP contribution in [0.4, 0.5) is 0 Å². The third kappa shape index (κ3) is 9.95. The molecule has 64 valence electrons. The number of rotatable bonds is 5. The highest BCUT2D eigenvalue weighted by Crippen LogP contribution is 2.16. The van der Waals surface area contributed by atoms with Crippen LogP contribution in [0.25, 0.3) is 0 Å². The van der Waals surface area contributed by atoms with Crippen LogP contribution in [0, 0.1) is 10.7 Å². The second-order valence-corrected chi connectivity index (χ2v) is 4.53. The van der Waals surface area contributed by atoms with Crippen molar-refractivity contribution < 1.29 is 4.57 Å². The summed E-state index contributed by atoms with van der Waals surface area (Å²) in [7, 11) is -3.06. The average Bonchev–Trinajstić information content (AvgIpc) is 1.85. The van der Waals surface area contributed by atoms with Crippen LogP contribution in [0.3, 0.4) is 0 Å². The Labute approximate surface area is 70.0 Å². The summed E-state index contributed by atoms with van der Waals surface area (Å²) in [6.45, 7) is 0.485. The first-order chi connectivity index (χ1) is 5.06. The van der Waals surface area contributed by atoms with Gasteiger partial charge in [-0.25, -0.2) is 5.09 Å². The highest BCUT2D eigenvalue weighted by Gasteiger charge is 2.04. The molecule has 0 aliphatic rings. The molecule has 0 rings (SSSR count). The predicted molar refractivity (Wildman–Crippen MR) is 46.7 cm³/mol. The van der Waals surface area contributed by atoms with E-state index in [1.807, 2.05) is 5.40 Å². The van der Waals surface area contributed by atoms with Crippen LogP contribution in [-0.2, 0) is 4.57 Å². The molecular formula is C4H11N4OPS. The smallest absolute Gasteiger partial charge is 0.271 e. The molecular weight excluding hydrogens is 183 g/mol. The topological polar surface area (TPSA) is 105 Å². The van der Waals surface area contributed by atoms with E-state index in [4.69, 9.17) is 16.3 Å². The first-order valence-corrected chi connectivity index (χ1v) is 5.82. The van der Waals surface area contributed by atoms with Crippen molar-refractivity contribution in [1.82, 2.24) is 5.09 Å². The van der Waals surface area contributed by atoms with Gasteiger partial charge >= 0.3 is 0 Å². The second kappa shape index (κ2) is 5.58. The van der Waals surface area contributed by atoms with Crippen molar-refractivity contribution in [3.05, 3.63) is 0 Å². The maximum atomic E-state index is 10.6. The number of thioether (sulfide) groups is 1. The lowest BCUT2D eigenvalue weighted by atomic mass is 10.5. The minimum atomic E-state index is -3.06. The number of nitrogens with one attached hydrogen (secondary N) is 1. The number of hydrogen-bond acceptors (Lipinski definition) is 3. The van der Waals surface area contributed by atoms with Gasteiger partial charge < -0.3 is 0 Å². The summed E-state index contributed by atoms with van der Waals surface area (Å²) in [6.07, 6.45) is 0.733. The predicted octanol–water partition coefficient (Wildman–Crippen LogP) is 0.206. The van der Waals surface area contributed by atoms with Gasteiger partial charge in [0.2, 0.25) is 0 Å². The summed E-state index contributed by atoms with van der Waals surface area (Å²) in [5.74, 6) is 0.698. The lowest BCUT2D eigenvalue weighted by molar-refractivity contribution is 0.566. The Balaban J connectivity index is 3.17. The number of thiocyanates is 1. The van der Waals surface area contributed by atoms with Crippen molar-refractivity contribution in [2.75, 3.05) is 12.3 Å². The summed E-state index contributed by atoms with van der Waals surface area (Å²) in [4.78, 5) is 0. The molecule has 0 fully saturated rings. The zero-order chi connectivity index (χ0) is 8.74. The molecule has 0 bridgehead atoms. The molecule has 11 heavy (non-hydrogen) atoms. The van der Waals surface area contributed by atoms with E-state index in [-0.39, 0.29) is 0 Å². The van der Waals surface area contributed by atoms with Crippen molar-refractivity contribution in [2.24, 2.45) is 11.0 Å². The molecule has 0 aliphatic heterocycles. The van der Waals surface area contributed by atoms with Gasteiger partial charge in [-0.2, -0.15) is 5.26 Å². The Morgan fingerprint density at radius 3 is 2.73 bits per heavy atom. The summed E-state index contributed by atoms with van der Waals surface area (Å²) < 4.78 is 10.6. The van der Waals surface area contributed by atoms with Gasteiger partial charge in [0.1, 0.15) is 5.40 Å². The molecule has 0 spiro atoms. The quantitative estimate of drug-likeness (QED) is 0.328. The second-order valence-electron chi connectivity index (χ2n) is 1.91. The van der Waals surface area contributed by atoms with E-state index in [1.54, 1.807) is 0 Å². The Morgan fingerprint density at radius 1 is 1.64 bits per heavy atom. The molecule has 0 saturated carbocycles. The molecule has 0 aliphatic carbocycles.